The number of aromatic carboxylic acids is 1. The van der Waals surface area contributed by atoms with E-state index in [1.165, 1.54) is 57.7 Å². The molecule has 0 unspecified atom stereocenters. The van der Waals surface area contributed by atoms with Gasteiger partial charge in [0, 0.05) is 18.7 Å². The Balaban J connectivity index is 2.61. The molecule has 0 N–H and O–H groups in total. The van der Waals surface area contributed by atoms with Gasteiger partial charge >= 0.3 is 0 Å². The second kappa shape index (κ2) is 6.79. The Morgan fingerprint density at radius 1 is 1.08 bits per heavy atom. The molecule has 0 atom stereocenters. The van der Waals surface area contributed by atoms with Crippen molar-refractivity contribution in [2.24, 2.45) is 0 Å². The molecule has 0 spiro atoms. The van der Waals surface area contributed by atoms with Crippen molar-refractivity contribution in [3.8, 4) is 11.5 Å². The first-order chi connectivity index (χ1) is 11.3. The zero-order chi connectivity index (χ0) is 17.9. The third-order valence-corrected chi connectivity index (χ3v) is 5.27. The van der Waals surface area contributed by atoms with Gasteiger partial charge in [0.15, 0.2) is 0 Å². The molecule has 24 heavy (non-hydrogen) atoms. The van der Waals surface area contributed by atoms with E-state index in [4.69, 9.17) is 9.47 Å². The minimum Gasteiger partial charge on any atom is -0.545 e. The predicted molar refractivity (Wildman–Crippen MR) is 85.9 cm³/mol. The normalized spacial score (nSPS) is 11.0. The van der Waals surface area contributed by atoms with Gasteiger partial charge in [-0.15, -0.1) is 0 Å². The number of ether oxygens (including phenoxy) is 2. The van der Waals surface area contributed by atoms with E-state index in [0.717, 1.165) is 4.31 Å². The monoisotopic (exact) mass is 350 g/mol. The predicted octanol–water partition coefficient (Wildman–Crippen LogP) is 0.892. The number of sulfonamides is 1. The number of hydrogen-bond donors (Lipinski definition) is 0. The van der Waals surface area contributed by atoms with E-state index >= 15 is 0 Å². The first-order valence-corrected chi connectivity index (χ1v) is 8.28. The van der Waals surface area contributed by atoms with Gasteiger partial charge in [-0.2, -0.15) is 0 Å². The van der Waals surface area contributed by atoms with Crippen molar-refractivity contribution in [2.75, 3.05) is 25.6 Å². The molecule has 0 aliphatic rings. The molecule has 0 amide bonds. The number of para-hydroxylation sites is 1. The van der Waals surface area contributed by atoms with Gasteiger partial charge in [-0.3, -0.25) is 4.31 Å². The van der Waals surface area contributed by atoms with Crippen LogP contribution in [0.4, 0.5) is 5.69 Å². The summed E-state index contributed by atoms with van der Waals surface area (Å²) in [5.41, 5.74) is -0.243. The molecule has 0 saturated heterocycles. The van der Waals surface area contributed by atoms with Gasteiger partial charge in [0.1, 0.15) is 16.4 Å². The zero-order valence-corrected chi connectivity index (χ0v) is 14.2. The molecule has 0 aliphatic heterocycles. The first-order valence-electron chi connectivity index (χ1n) is 6.84. The van der Waals surface area contributed by atoms with Crippen LogP contribution in [-0.4, -0.2) is 35.7 Å². The summed E-state index contributed by atoms with van der Waals surface area (Å²) >= 11 is 0. The molecule has 0 heterocycles. The quantitative estimate of drug-likeness (QED) is 0.768. The van der Waals surface area contributed by atoms with Gasteiger partial charge in [0.05, 0.1) is 25.9 Å². The molecule has 8 heteroatoms. The molecule has 0 bridgehead atoms. The molecule has 0 fully saturated rings. The van der Waals surface area contributed by atoms with Crippen LogP contribution >= 0.6 is 0 Å². The van der Waals surface area contributed by atoms with Crippen molar-refractivity contribution in [1.29, 1.82) is 0 Å². The second-order valence-electron chi connectivity index (χ2n) is 4.79. The summed E-state index contributed by atoms with van der Waals surface area (Å²) in [6.07, 6.45) is 0. The van der Waals surface area contributed by atoms with Crippen molar-refractivity contribution in [2.45, 2.75) is 4.90 Å². The van der Waals surface area contributed by atoms with Crippen LogP contribution in [0.25, 0.3) is 0 Å². The van der Waals surface area contributed by atoms with Crippen LogP contribution in [0.1, 0.15) is 10.4 Å². The Kier molecular flexibility index (Phi) is 4.99. The zero-order valence-electron chi connectivity index (χ0n) is 13.3. The van der Waals surface area contributed by atoms with Crippen molar-refractivity contribution < 1.29 is 27.8 Å². The van der Waals surface area contributed by atoms with Gasteiger partial charge in [0.25, 0.3) is 10.0 Å². The molecule has 0 aromatic heterocycles. The largest absolute Gasteiger partial charge is 0.545 e. The number of methoxy groups -OCH3 is 2. The van der Waals surface area contributed by atoms with Crippen molar-refractivity contribution in [3.05, 3.63) is 48.0 Å². The van der Waals surface area contributed by atoms with Crippen molar-refractivity contribution in [3.63, 3.8) is 0 Å². The number of rotatable bonds is 6. The number of nitrogens with zero attached hydrogens (tertiary/aromatic N) is 1. The van der Waals surface area contributed by atoms with E-state index < -0.39 is 16.0 Å². The van der Waals surface area contributed by atoms with Gasteiger partial charge in [-0.1, -0.05) is 18.2 Å². The van der Waals surface area contributed by atoms with Crippen LogP contribution in [0.15, 0.2) is 47.4 Å². The Labute approximate surface area is 140 Å². The van der Waals surface area contributed by atoms with E-state index in [9.17, 15) is 18.3 Å². The maximum Gasteiger partial charge on any atom is 0.267 e. The molecular weight excluding hydrogens is 334 g/mol. The molecule has 2 aromatic rings. The van der Waals surface area contributed by atoms with E-state index in [1.807, 2.05) is 0 Å². The third-order valence-electron chi connectivity index (χ3n) is 3.47. The maximum atomic E-state index is 12.9. The molecule has 0 saturated carbocycles. The summed E-state index contributed by atoms with van der Waals surface area (Å²) in [5.74, 6) is -1.02. The molecule has 128 valence electrons. The Morgan fingerprint density at radius 3 is 2.33 bits per heavy atom. The molecule has 2 aromatic carbocycles. The lowest BCUT2D eigenvalue weighted by atomic mass is 10.2. The van der Waals surface area contributed by atoms with E-state index in [0.29, 0.717) is 5.75 Å². The highest BCUT2D eigenvalue weighted by atomic mass is 32.2. The van der Waals surface area contributed by atoms with Crippen LogP contribution in [0.3, 0.4) is 0 Å². The fourth-order valence-corrected chi connectivity index (χ4v) is 3.57. The minimum atomic E-state index is -4.09. The number of carboxylic acids is 1. The highest BCUT2D eigenvalue weighted by Gasteiger charge is 2.27. The molecule has 0 radical (unpaired) electrons. The van der Waals surface area contributed by atoms with E-state index in [2.05, 4.69) is 0 Å². The van der Waals surface area contributed by atoms with Crippen LogP contribution in [-0.2, 0) is 10.0 Å². The lowest BCUT2D eigenvalue weighted by Gasteiger charge is -2.23. The number of anilines is 1. The van der Waals surface area contributed by atoms with Crippen molar-refractivity contribution >= 4 is 21.7 Å². The summed E-state index contributed by atoms with van der Waals surface area (Å²) in [7, 11) is -0.0730. The topological polar surface area (TPSA) is 96.0 Å². The maximum absolute atomic E-state index is 12.9. The standard InChI is InChI=1S/C16H17NO6S/c1-17(13-7-5-4-6-12(13)16(18)19)24(20,21)15-10-11(22-2)8-9-14(15)23-3/h4-10H,1-3H3,(H,18,19)/p-1. The van der Waals surface area contributed by atoms with Crippen LogP contribution in [0.2, 0.25) is 0 Å². The fraction of sp³-hybridized carbons (Fsp3) is 0.188. The van der Waals surface area contributed by atoms with E-state index in [-0.39, 0.29) is 21.9 Å². The minimum absolute atomic E-state index is 0.0117. The van der Waals surface area contributed by atoms with Crippen molar-refractivity contribution in [1.82, 2.24) is 0 Å². The summed E-state index contributed by atoms with van der Waals surface area (Å²) in [4.78, 5) is 11.1. The Hall–Kier alpha value is -2.74. The Morgan fingerprint density at radius 2 is 1.75 bits per heavy atom. The Bertz CT molecular complexity index is 863. The number of carbonyl (C=O) groups is 1. The number of carboxylic acid groups (broad SMARTS) is 1. The second-order valence-corrected chi connectivity index (χ2v) is 6.73. The lowest BCUT2D eigenvalue weighted by molar-refractivity contribution is -0.254. The summed E-state index contributed by atoms with van der Waals surface area (Å²) in [6.45, 7) is 0. The SMILES string of the molecule is COc1ccc(OC)c(S(=O)(=O)N(C)c2ccccc2C(=O)[O-])c1. The van der Waals surface area contributed by atoms with E-state index in [1.54, 1.807) is 6.07 Å². The summed E-state index contributed by atoms with van der Waals surface area (Å²) in [6, 6.07) is 10.0. The van der Waals surface area contributed by atoms with Gasteiger partial charge in [-0.25, -0.2) is 8.42 Å². The summed E-state index contributed by atoms with van der Waals surface area (Å²) < 4.78 is 36.9. The summed E-state index contributed by atoms with van der Waals surface area (Å²) in [5, 5.41) is 11.2. The van der Waals surface area contributed by atoms with Crippen LogP contribution in [0.5, 0.6) is 11.5 Å². The van der Waals surface area contributed by atoms with Crippen LogP contribution < -0.4 is 18.9 Å². The average molecular weight is 350 g/mol. The van der Waals surface area contributed by atoms with Crippen LogP contribution in [0, 0.1) is 0 Å². The number of carbonyl (C=O) groups excluding carboxylic acids is 1. The smallest absolute Gasteiger partial charge is 0.267 e. The van der Waals surface area contributed by atoms with Gasteiger partial charge in [-0.05, 0) is 18.2 Å². The third kappa shape index (κ3) is 3.13. The average Bonchev–Trinajstić information content (AvgIpc) is 2.60. The lowest BCUT2D eigenvalue weighted by Crippen LogP contribution is -2.31. The fourth-order valence-electron chi connectivity index (χ4n) is 2.18. The highest BCUT2D eigenvalue weighted by Crippen LogP contribution is 2.33. The van der Waals surface area contributed by atoms with Gasteiger partial charge in [0.2, 0.25) is 0 Å². The number of benzene rings is 2. The molecule has 0 aliphatic carbocycles. The molecule has 2 rings (SSSR count). The number of hydrogen-bond acceptors (Lipinski definition) is 6. The molecule has 7 nitrogen and oxygen atoms in total. The first kappa shape index (κ1) is 17.6. The van der Waals surface area contributed by atoms with Gasteiger partial charge < -0.3 is 19.4 Å². The molecular formula is C16H16NO6S-. The highest BCUT2D eigenvalue weighted by molar-refractivity contribution is 7.93.